The summed E-state index contributed by atoms with van der Waals surface area (Å²) in [5.41, 5.74) is 0.00917. The molecular formula is C13H25N3O2. The van der Waals surface area contributed by atoms with E-state index in [1.807, 2.05) is 0 Å². The molecule has 2 amide bonds. The van der Waals surface area contributed by atoms with E-state index in [1.54, 1.807) is 6.92 Å². The molecule has 18 heavy (non-hydrogen) atoms. The lowest BCUT2D eigenvalue weighted by Gasteiger charge is -2.20. The summed E-state index contributed by atoms with van der Waals surface area (Å²) >= 11 is 0. The molecule has 1 rings (SSSR count). The third-order valence-electron chi connectivity index (χ3n) is 2.70. The Morgan fingerprint density at radius 3 is 2.39 bits per heavy atom. The number of carbonyl (C=O) groups is 2. The topological polar surface area (TPSA) is 70.2 Å². The molecule has 3 N–H and O–H groups in total. The summed E-state index contributed by atoms with van der Waals surface area (Å²) in [4.78, 5) is 23.2. The van der Waals surface area contributed by atoms with Crippen LogP contribution in [0.4, 0.5) is 0 Å². The molecule has 104 valence electrons. The van der Waals surface area contributed by atoms with Gasteiger partial charge in [0.2, 0.25) is 11.8 Å². The molecule has 0 radical (unpaired) electrons. The maximum atomic E-state index is 11.6. The monoisotopic (exact) mass is 255 g/mol. The van der Waals surface area contributed by atoms with Gasteiger partial charge >= 0.3 is 0 Å². The summed E-state index contributed by atoms with van der Waals surface area (Å²) in [5, 5.41) is 8.81. The molecule has 1 unspecified atom stereocenters. The highest BCUT2D eigenvalue weighted by Gasteiger charge is 2.26. The van der Waals surface area contributed by atoms with Crippen LogP contribution in [0.25, 0.3) is 0 Å². The predicted octanol–water partition coefficient (Wildman–Crippen LogP) is 0.548. The number of hydrogen-bond acceptors (Lipinski definition) is 3. The van der Waals surface area contributed by atoms with E-state index in [0.717, 1.165) is 12.8 Å². The fraction of sp³-hybridized carbons (Fsp3) is 0.846. The maximum Gasteiger partial charge on any atom is 0.242 e. The highest BCUT2D eigenvalue weighted by atomic mass is 16.2. The summed E-state index contributed by atoms with van der Waals surface area (Å²) in [5.74, 6) is -0.181. The zero-order valence-electron chi connectivity index (χ0n) is 11.8. The van der Waals surface area contributed by atoms with Crippen LogP contribution in [0.1, 0.15) is 47.0 Å². The van der Waals surface area contributed by atoms with Crippen molar-refractivity contribution >= 4 is 11.8 Å². The Morgan fingerprint density at radius 2 is 1.89 bits per heavy atom. The first-order valence-electron chi connectivity index (χ1n) is 6.63. The van der Waals surface area contributed by atoms with Gasteiger partial charge in [-0.3, -0.25) is 9.59 Å². The maximum absolute atomic E-state index is 11.6. The largest absolute Gasteiger partial charge is 0.352 e. The van der Waals surface area contributed by atoms with Gasteiger partial charge in [-0.25, -0.2) is 0 Å². The molecule has 0 aromatic carbocycles. The highest BCUT2D eigenvalue weighted by molar-refractivity contribution is 5.87. The number of nitrogens with one attached hydrogen (secondary N) is 3. The van der Waals surface area contributed by atoms with E-state index in [2.05, 4.69) is 36.7 Å². The zero-order chi connectivity index (χ0) is 13.8. The molecule has 1 saturated carbocycles. The van der Waals surface area contributed by atoms with Crippen molar-refractivity contribution in [3.05, 3.63) is 0 Å². The third-order valence-corrected chi connectivity index (χ3v) is 2.70. The average molecular weight is 255 g/mol. The molecule has 1 atom stereocenters. The number of amides is 2. The summed E-state index contributed by atoms with van der Waals surface area (Å²) in [7, 11) is 0. The van der Waals surface area contributed by atoms with Gasteiger partial charge in [0.25, 0.3) is 0 Å². The molecule has 5 heteroatoms. The van der Waals surface area contributed by atoms with Crippen LogP contribution < -0.4 is 16.0 Å². The predicted molar refractivity (Wildman–Crippen MR) is 71.1 cm³/mol. The molecule has 5 nitrogen and oxygen atoms in total. The Morgan fingerprint density at radius 1 is 1.28 bits per heavy atom. The van der Waals surface area contributed by atoms with Gasteiger partial charge in [0.1, 0.15) is 6.04 Å². The van der Waals surface area contributed by atoms with Gasteiger partial charge in [-0.1, -0.05) is 0 Å². The van der Waals surface area contributed by atoms with Crippen LogP contribution in [0.3, 0.4) is 0 Å². The van der Waals surface area contributed by atoms with E-state index in [9.17, 15) is 9.59 Å². The van der Waals surface area contributed by atoms with Gasteiger partial charge in [-0.2, -0.15) is 0 Å². The van der Waals surface area contributed by atoms with Crippen LogP contribution in [0, 0.1) is 0 Å². The molecule has 0 heterocycles. The van der Waals surface area contributed by atoms with Gasteiger partial charge in [0, 0.05) is 24.5 Å². The number of carbonyl (C=O) groups excluding carboxylic acids is 2. The summed E-state index contributed by atoms with van der Waals surface area (Å²) in [6.45, 7) is 8.49. The van der Waals surface area contributed by atoms with Crippen LogP contribution in [0.15, 0.2) is 0 Å². The second-order valence-electron chi connectivity index (χ2n) is 6.00. The van der Waals surface area contributed by atoms with Gasteiger partial charge in [-0.05, 0) is 40.5 Å². The van der Waals surface area contributed by atoms with Crippen LogP contribution >= 0.6 is 0 Å². The van der Waals surface area contributed by atoms with E-state index in [-0.39, 0.29) is 17.4 Å². The molecule has 1 aliphatic carbocycles. The van der Waals surface area contributed by atoms with Crippen LogP contribution in [0.2, 0.25) is 0 Å². The minimum atomic E-state index is -0.451. The molecule has 0 aromatic rings. The van der Waals surface area contributed by atoms with Crippen molar-refractivity contribution in [2.45, 2.75) is 64.6 Å². The molecule has 0 aliphatic heterocycles. The van der Waals surface area contributed by atoms with Crippen LogP contribution in [-0.4, -0.2) is 36.0 Å². The van der Waals surface area contributed by atoms with Gasteiger partial charge in [0.05, 0.1) is 0 Å². The second kappa shape index (κ2) is 6.18. The summed E-state index contributed by atoms with van der Waals surface area (Å²) in [6.07, 6.45) is 2.50. The Bertz CT molecular complexity index is 306. The quantitative estimate of drug-likeness (QED) is 0.649. The van der Waals surface area contributed by atoms with Crippen molar-refractivity contribution in [3.8, 4) is 0 Å². The van der Waals surface area contributed by atoms with Crippen molar-refractivity contribution < 1.29 is 9.59 Å². The Hall–Kier alpha value is -1.10. The zero-order valence-corrected chi connectivity index (χ0v) is 11.8. The van der Waals surface area contributed by atoms with E-state index in [4.69, 9.17) is 0 Å². The highest BCUT2D eigenvalue weighted by Crippen LogP contribution is 2.18. The van der Waals surface area contributed by atoms with Crippen LogP contribution in [0.5, 0.6) is 0 Å². The van der Waals surface area contributed by atoms with E-state index >= 15 is 0 Å². The first-order chi connectivity index (χ1) is 8.28. The van der Waals surface area contributed by atoms with Crippen molar-refractivity contribution in [1.82, 2.24) is 16.0 Å². The number of hydrogen-bond donors (Lipinski definition) is 3. The fourth-order valence-electron chi connectivity index (χ4n) is 1.48. The van der Waals surface area contributed by atoms with Gasteiger partial charge < -0.3 is 16.0 Å². The van der Waals surface area contributed by atoms with Gasteiger partial charge in [-0.15, -0.1) is 0 Å². The fourth-order valence-corrected chi connectivity index (χ4v) is 1.48. The van der Waals surface area contributed by atoms with Gasteiger partial charge in [0.15, 0.2) is 0 Å². The molecule has 1 fully saturated rings. The average Bonchev–Trinajstić information content (AvgIpc) is 2.99. The molecule has 0 aromatic heterocycles. The lowest BCUT2D eigenvalue weighted by molar-refractivity contribution is -0.128. The first kappa shape index (κ1) is 15.0. The third kappa shape index (κ3) is 6.59. The van der Waals surface area contributed by atoms with Crippen molar-refractivity contribution in [3.63, 3.8) is 0 Å². The molecule has 0 bridgehead atoms. The molecule has 0 spiro atoms. The minimum Gasteiger partial charge on any atom is -0.352 e. The smallest absolute Gasteiger partial charge is 0.242 e. The Kier molecular flexibility index (Phi) is 5.14. The van der Waals surface area contributed by atoms with E-state index in [0.29, 0.717) is 19.0 Å². The van der Waals surface area contributed by atoms with Crippen molar-refractivity contribution in [1.29, 1.82) is 0 Å². The summed E-state index contributed by atoms with van der Waals surface area (Å²) < 4.78 is 0. The molecule has 1 aliphatic rings. The van der Waals surface area contributed by atoms with E-state index in [1.165, 1.54) is 0 Å². The van der Waals surface area contributed by atoms with Crippen molar-refractivity contribution in [2.24, 2.45) is 0 Å². The lowest BCUT2D eigenvalue weighted by atomic mass is 10.1. The SMILES string of the molecule is CC(NC(=O)CCNC(C)(C)C)C(=O)NC1CC1. The molecular weight excluding hydrogens is 230 g/mol. The van der Waals surface area contributed by atoms with E-state index < -0.39 is 6.04 Å². The number of rotatable bonds is 6. The van der Waals surface area contributed by atoms with Crippen molar-refractivity contribution in [2.75, 3.05) is 6.54 Å². The minimum absolute atomic E-state index is 0.00917. The first-order valence-corrected chi connectivity index (χ1v) is 6.63. The second-order valence-corrected chi connectivity index (χ2v) is 6.00. The lowest BCUT2D eigenvalue weighted by Crippen LogP contribution is -2.46. The Balaban J connectivity index is 2.16. The normalized spacial score (nSPS) is 17.1. The van der Waals surface area contributed by atoms with Crippen LogP contribution in [-0.2, 0) is 9.59 Å². The summed E-state index contributed by atoms with van der Waals surface area (Å²) in [6, 6.07) is -0.118. The Labute approximate surface area is 109 Å². The standard InChI is InChI=1S/C13H25N3O2/c1-9(12(18)16-10-5-6-10)15-11(17)7-8-14-13(2,3)4/h9-10,14H,5-8H2,1-4H3,(H,15,17)(H,16,18). The molecule has 0 saturated heterocycles.